The molecule has 1 aromatic rings. The summed E-state index contributed by atoms with van der Waals surface area (Å²) >= 11 is 0. The van der Waals surface area contributed by atoms with Crippen LogP contribution in [0.25, 0.3) is 0 Å². The van der Waals surface area contributed by atoms with Crippen molar-refractivity contribution < 1.29 is 51.3 Å². The number of sulfonamides is 1. The van der Waals surface area contributed by atoms with E-state index in [0.717, 1.165) is 11.8 Å². The topological polar surface area (TPSA) is 205 Å². The lowest BCUT2D eigenvalue weighted by molar-refractivity contribution is -0.162. The van der Waals surface area contributed by atoms with Crippen LogP contribution in [0, 0.1) is 11.3 Å². The Kier molecular flexibility index (Phi) is 18.3. The first-order valence-corrected chi connectivity index (χ1v) is 21.8. The van der Waals surface area contributed by atoms with Gasteiger partial charge in [-0.15, -0.1) is 0 Å². The molecule has 0 heterocycles. The number of hydrogen-bond acceptors (Lipinski definition) is 11. The number of carbonyl (C=O) groups is 5. The molecule has 16 heteroatoms. The van der Waals surface area contributed by atoms with E-state index in [1.54, 1.807) is 48.5 Å². The highest BCUT2D eigenvalue weighted by molar-refractivity contribution is 7.88. The minimum absolute atomic E-state index is 0.0168. The number of alkyl carbamates (subject to hydrolysis) is 1. The van der Waals surface area contributed by atoms with Crippen LogP contribution in [-0.4, -0.2) is 93.1 Å². The van der Waals surface area contributed by atoms with E-state index in [4.69, 9.17) is 18.9 Å². The molecule has 57 heavy (non-hydrogen) atoms. The average molecular weight is 825 g/mol. The fourth-order valence-electron chi connectivity index (χ4n) is 6.53. The van der Waals surface area contributed by atoms with E-state index in [2.05, 4.69) is 20.7 Å². The summed E-state index contributed by atoms with van der Waals surface area (Å²) in [4.78, 5) is 66.8. The molecule has 0 bridgehead atoms. The summed E-state index contributed by atoms with van der Waals surface area (Å²) in [5.74, 6) is -2.58. The fraction of sp³-hybridized carbons (Fsp3) is 0.732. The molecule has 1 saturated carbocycles. The van der Waals surface area contributed by atoms with Gasteiger partial charge in [-0.1, -0.05) is 25.0 Å². The summed E-state index contributed by atoms with van der Waals surface area (Å²) in [6.07, 6.45) is 3.78. The molecule has 3 amide bonds. The maximum atomic E-state index is 14.3. The number of carbonyl (C=O) groups excluding carboxylic acids is 5. The molecule has 324 valence electrons. The Balaban J connectivity index is 2.27. The monoisotopic (exact) mass is 824 g/mol. The highest BCUT2D eigenvalue weighted by Gasteiger charge is 2.46. The van der Waals surface area contributed by atoms with Crippen LogP contribution in [0.3, 0.4) is 0 Å². The Morgan fingerprint density at radius 2 is 1.39 bits per heavy atom. The van der Waals surface area contributed by atoms with Gasteiger partial charge in [0.2, 0.25) is 21.8 Å². The largest absolute Gasteiger partial charge is 0.488 e. The summed E-state index contributed by atoms with van der Waals surface area (Å²) < 4.78 is 49.1. The van der Waals surface area contributed by atoms with Crippen LogP contribution in [0.1, 0.15) is 126 Å². The zero-order valence-corrected chi connectivity index (χ0v) is 36.7. The first kappa shape index (κ1) is 49.2. The molecule has 0 radical (unpaired) electrons. The summed E-state index contributed by atoms with van der Waals surface area (Å²) in [6.45, 7) is 18.1. The highest BCUT2D eigenvalue weighted by Crippen LogP contribution is 2.44. The van der Waals surface area contributed by atoms with E-state index in [0.29, 0.717) is 44.3 Å². The van der Waals surface area contributed by atoms with Crippen molar-refractivity contribution in [2.45, 2.75) is 156 Å². The molecule has 15 nitrogen and oxygen atoms in total. The number of esters is 2. The predicted molar refractivity (Wildman–Crippen MR) is 217 cm³/mol. The van der Waals surface area contributed by atoms with Crippen molar-refractivity contribution in [2.75, 3.05) is 26.0 Å². The second kappa shape index (κ2) is 21.2. The molecule has 1 fully saturated rings. The van der Waals surface area contributed by atoms with Crippen molar-refractivity contribution in [1.29, 1.82) is 0 Å². The highest BCUT2D eigenvalue weighted by atomic mass is 32.2. The second-order valence-electron chi connectivity index (χ2n) is 17.9. The summed E-state index contributed by atoms with van der Waals surface area (Å²) in [7, 11) is -3.81. The maximum Gasteiger partial charge on any atom is 0.407 e. The van der Waals surface area contributed by atoms with Gasteiger partial charge in [-0.3, -0.25) is 14.4 Å². The van der Waals surface area contributed by atoms with Crippen LogP contribution in [0.15, 0.2) is 24.3 Å². The van der Waals surface area contributed by atoms with Crippen molar-refractivity contribution in [3.05, 3.63) is 29.8 Å². The zero-order chi connectivity index (χ0) is 43.2. The van der Waals surface area contributed by atoms with Crippen LogP contribution in [0.4, 0.5) is 4.79 Å². The van der Waals surface area contributed by atoms with Crippen molar-refractivity contribution in [3.63, 3.8) is 0 Å². The third kappa shape index (κ3) is 19.4. The van der Waals surface area contributed by atoms with Crippen molar-refractivity contribution >= 4 is 39.9 Å². The minimum atomic E-state index is -3.81. The Bertz CT molecular complexity index is 1600. The van der Waals surface area contributed by atoms with Crippen LogP contribution >= 0.6 is 0 Å². The third-order valence-electron chi connectivity index (χ3n) is 8.87. The van der Waals surface area contributed by atoms with Crippen molar-refractivity contribution in [1.82, 2.24) is 20.7 Å². The van der Waals surface area contributed by atoms with Crippen molar-refractivity contribution in [3.8, 4) is 5.75 Å². The Morgan fingerprint density at radius 1 is 0.789 bits per heavy atom. The van der Waals surface area contributed by atoms with Gasteiger partial charge in [0.15, 0.2) is 0 Å². The van der Waals surface area contributed by atoms with E-state index < -0.39 is 80.1 Å². The number of rotatable bonds is 20. The van der Waals surface area contributed by atoms with Crippen molar-refractivity contribution in [2.24, 2.45) is 11.3 Å². The third-order valence-corrected chi connectivity index (χ3v) is 9.58. The number of hydrogen-bond donors (Lipinski definition) is 4. The predicted octanol–water partition coefficient (Wildman–Crippen LogP) is 5.09. The van der Waals surface area contributed by atoms with Gasteiger partial charge in [0, 0.05) is 19.5 Å². The number of unbranched alkanes of at least 4 members (excludes halogenated alkanes) is 1. The fourth-order valence-corrected chi connectivity index (χ4v) is 7.27. The molecule has 1 aliphatic carbocycles. The van der Waals surface area contributed by atoms with E-state index in [1.165, 1.54) is 0 Å². The first-order valence-electron chi connectivity index (χ1n) is 19.9. The smallest absolute Gasteiger partial charge is 0.407 e. The molecule has 0 saturated heterocycles. The summed E-state index contributed by atoms with van der Waals surface area (Å²) in [5, 5.41) is 8.32. The molecule has 4 N–H and O–H groups in total. The Morgan fingerprint density at radius 3 is 1.91 bits per heavy atom. The maximum absolute atomic E-state index is 14.3. The normalized spacial score (nSPS) is 16.1. The standard InChI is InChI=1S/C41H68N4O11S/c1-12-53-35(48)32(25-28-18-20-30(21-19-28)54-38(2,3)4)44-36(49)41(22-14-15-23-41)26-29(34(47)55-39(5,6)7)27-43-33(46)31(45-57(11,51)52)17-13-16-24-42-37(50)56-40(8,9)10/h18-21,29,31-32,45H,12-17,22-27H2,1-11H3,(H,42,50)(H,43,46)(H,44,49)/t29-,31+,32+/m1/s1. The Hall–Kier alpha value is -3.92. The van der Waals surface area contributed by atoms with Crippen LogP contribution in [0.2, 0.25) is 0 Å². The number of amides is 3. The number of ether oxygens (including phenoxy) is 4. The lowest BCUT2D eigenvalue weighted by atomic mass is 9.76. The Labute approximate surface area is 339 Å². The quantitative estimate of drug-likeness (QED) is 0.0775. The van der Waals surface area contributed by atoms with Gasteiger partial charge < -0.3 is 34.9 Å². The second-order valence-corrected chi connectivity index (χ2v) is 19.7. The SMILES string of the molecule is CCOC(=O)[C@H](Cc1ccc(OC(C)(C)C)cc1)NC(=O)C1(C[C@H](CNC(=O)[C@H](CCCCNC(=O)OC(C)(C)C)NS(C)(=O)=O)C(=O)OC(C)(C)C)CCCC1. The number of benzene rings is 1. The van der Waals surface area contributed by atoms with Gasteiger partial charge in [-0.05, 0) is 125 Å². The summed E-state index contributed by atoms with van der Waals surface area (Å²) in [6, 6.07) is 5.11. The molecule has 3 atom stereocenters. The van der Waals surface area contributed by atoms with Crippen LogP contribution in [-0.2, 0) is 49.8 Å². The van der Waals surface area contributed by atoms with E-state index in [1.807, 2.05) is 45.0 Å². The molecule has 0 aliphatic heterocycles. The van der Waals surface area contributed by atoms with Gasteiger partial charge in [0.1, 0.15) is 34.6 Å². The lowest BCUT2D eigenvalue weighted by Gasteiger charge is -2.34. The van der Waals surface area contributed by atoms with E-state index in [-0.39, 0.29) is 39.0 Å². The molecule has 1 aromatic carbocycles. The van der Waals surface area contributed by atoms with Gasteiger partial charge in [0.05, 0.1) is 24.2 Å². The van der Waals surface area contributed by atoms with Gasteiger partial charge in [0.25, 0.3) is 0 Å². The first-order chi connectivity index (χ1) is 26.2. The van der Waals surface area contributed by atoms with Gasteiger partial charge in [-0.2, -0.15) is 0 Å². The molecule has 2 rings (SSSR count). The molecule has 0 spiro atoms. The van der Waals surface area contributed by atoms with E-state index in [9.17, 15) is 32.4 Å². The lowest BCUT2D eigenvalue weighted by Crippen LogP contribution is -2.52. The van der Waals surface area contributed by atoms with Gasteiger partial charge in [-0.25, -0.2) is 22.7 Å². The molecular weight excluding hydrogens is 757 g/mol. The van der Waals surface area contributed by atoms with Crippen LogP contribution in [0.5, 0.6) is 5.75 Å². The minimum Gasteiger partial charge on any atom is -0.488 e. The molecular formula is C41H68N4O11S. The van der Waals surface area contributed by atoms with Crippen LogP contribution < -0.4 is 25.4 Å². The zero-order valence-electron chi connectivity index (χ0n) is 35.9. The molecule has 0 aromatic heterocycles. The molecule has 0 unspecified atom stereocenters. The average Bonchev–Trinajstić information content (AvgIpc) is 3.53. The molecule has 1 aliphatic rings. The number of nitrogens with one attached hydrogen (secondary N) is 4. The van der Waals surface area contributed by atoms with E-state index >= 15 is 0 Å². The summed E-state index contributed by atoms with van der Waals surface area (Å²) in [5.41, 5.74) is -2.21. The van der Waals surface area contributed by atoms with Gasteiger partial charge >= 0.3 is 18.0 Å².